The van der Waals surface area contributed by atoms with Gasteiger partial charge in [-0.25, -0.2) is 9.88 Å². The molecule has 0 N–H and O–H groups in total. The lowest BCUT2D eigenvalue weighted by Gasteiger charge is -2.22. The predicted molar refractivity (Wildman–Crippen MR) is 111 cm³/mol. The molecule has 0 fully saturated rings. The molecular formula is C24H14N2O3. The van der Waals surface area contributed by atoms with Gasteiger partial charge in [0.25, 0.3) is 11.8 Å². The van der Waals surface area contributed by atoms with Crippen LogP contribution in [-0.2, 0) is 16.2 Å². The summed E-state index contributed by atoms with van der Waals surface area (Å²) in [5.41, 5.74) is 4.25. The van der Waals surface area contributed by atoms with Crippen LogP contribution >= 0.6 is 0 Å². The summed E-state index contributed by atoms with van der Waals surface area (Å²) in [6.45, 7) is 0.428. The van der Waals surface area contributed by atoms with Crippen molar-refractivity contribution in [2.24, 2.45) is 0 Å². The second-order valence-electron chi connectivity index (χ2n) is 7.17. The molecule has 0 bridgehead atoms. The molecule has 2 aliphatic rings. The van der Waals surface area contributed by atoms with Gasteiger partial charge < -0.3 is 4.74 Å². The van der Waals surface area contributed by atoms with Crippen molar-refractivity contribution < 1.29 is 14.3 Å². The second kappa shape index (κ2) is 5.75. The SMILES string of the molecule is O=C1C=CC(=O)N1c1ccc2nc3c(cc2c1)COc1ccc2ccccc2c1-3. The molecule has 6 rings (SSSR count). The van der Waals surface area contributed by atoms with E-state index in [1.165, 1.54) is 12.2 Å². The third kappa shape index (κ3) is 2.31. The first kappa shape index (κ1) is 16.0. The molecule has 0 saturated heterocycles. The van der Waals surface area contributed by atoms with E-state index in [1.54, 1.807) is 6.07 Å². The summed E-state index contributed by atoms with van der Waals surface area (Å²) < 4.78 is 6.00. The number of carbonyl (C=O) groups excluding carboxylic acids is 2. The number of hydrogen-bond acceptors (Lipinski definition) is 4. The smallest absolute Gasteiger partial charge is 0.258 e. The van der Waals surface area contributed by atoms with Gasteiger partial charge in [0.15, 0.2) is 0 Å². The zero-order chi connectivity index (χ0) is 19.5. The van der Waals surface area contributed by atoms with Crippen molar-refractivity contribution in [3.05, 3.63) is 78.4 Å². The van der Waals surface area contributed by atoms with Crippen molar-refractivity contribution in [1.82, 2.24) is 4.98 Å². The normalized spacial score (nSPS) is 15.0. The molecule has 2 amide bonds. The molecular weight excluding hydrogens is 364 g/mol. The number of carbonyl (C=O) groups is 2. The van der Waals surface area contributed by atoms with E-state index >= 15 is 0 Å². The number of hydrogen-bond donors (Lipinski definition) is 0. The maximum atomic E-state index is 12.0. The molecule has 2 aliphatic heterocycles. The Balaban J connectivity index is 1.55. The van der Waals surface area contributed by atoms with Crippen molar-refractivity contribution in [3.8, 4) is 17.0 Å². The van der Waals surface area contributed by atoms with Crippen LogP contribution in [-0.4, -0.2) is 16.8 Å². The molecule has 29 heavy (non-hydrogen) atoms. The Bertz CT molecular complexity index is 1390. The summed E-state index contributed by atoms with van der Waals surface area (Å²) in [5, 5.41) is 3.10. The standard InChI is InChI=1S/C24H14N2O3/c27-21-9-10-22(28)26(21)17-6-7-19-15(12-17)11-16-13-29-20-8-5-14-3-1-2-4-18(14)23(20)24(16)25-19/h1-12H,13H2. The van der Waals surface area contributed by atoms with Gasteiger partial charge in [-0.2, -0.15) is 0 Å². The molecule has 4 aromatic rings. The largest absolute Gasteiger partial charge is 0.488 e. The van der Waals surface area contributed by atoms with Crippen molar-refractivity contribution in [3.63, 3.8) is 0 Å². The third-order valence-electron chi connectivity index (χ3n) is 5.46. The van der Waals surface area contributed by atoms with Crippen LogP contribution in [0.25, 0.3) is 32.9 Å². The van der Waals surface area contributed by atoms with E-state index in [2.05, 4.69) is 18.2 Å². The van der Waals surface area contributed by atoms with Gasteiger partial charge in [0.2, 0.25) is 0 Å². The van der Waals surface area contributed by atoms with Gasteiger partial charge in [0.1, 0.15) is 12.4 Å². The Morgan fingerprint density at radius 1 is 0.862 bits per heavy atom. The number of fused-ring (bicyclic) bond motifs is 6. The zero-order valence-corrected chi connectivity index (χ0v) is 15.3. The summed E-state index contributed by atoms with van der Waals surface area (Å²) in [6.07, 6.45) is 2.57. The van der Waals surface area contributed by atoms with E-state index in [0.29, 0.717) is 12.3 Å². The number of imide groups is 1. The van der Waals surface area contributed by atoms with Crippen LogP contribution in [0.3, 0.4) is 0 Å². The maximum absolute atomic E-state index is 12.0. The molecule has 0 unspecified atom stereocenters. The molecule has 0 atom stereocenters. The molecule has 138 valence electrons. The van der Waals surface area contributed by atoms with Crippen molar-refractivity contribution in [2.45, 2.75) is 6.61 Å². The number of amides is 2. The van der Waals surface area contributed by atoms with E-state index in [1.807, 2.05) is 36.4 Å². The van der Waals surface area contributed by atoms with Crippen LogP contribution in [0.1, 0.15) is 5.56 Å². The number of nitrogens with zero attached hydrogens (tertiary/aromatic N) is 2. The average Bonchev–Trinajstić information content (AvgIpc) is 3.09. The lowest BCUT2D eigenvalue weighted by atomic mass is 9.95. The fourth-order valence-corrected chi connectivity index (χ4v) is 4.10. The number of rotatable bonds is 1. The molecule has 0 aliphatic carbocycles. The minimum atomic E-state index is -0.330. The molecule has 3 aromatic carbocycles. The Kier molecular flexibility index (Phi) is 3.18. The summed E-state index contributed by atoms with van der Waals surface area (Å²) in [6, 6.07) is 19.7. The third-order valence-corrected chi connectivity index (χ3v) is 5.46. The molecule has 5 nitrogen and oxygen atoms in total. The second-order valence-corrected chi connectivity index (χ2v) is 7.17. The number of benzene rings is 3. The van der Waals surface area contributed by atoms with Crippen molar-refractivity contribution >= 4 is 39.2 Å². The summed E-state index contributed by atoms with van der Waals surface area (Å²) in [4.78, 5) is 30.1. The van der Waals surface area contributed by atoms with E-state index in [4.69, 9.17) is 9.72 Å². The summed E-state index contributed by atoms with van der Waals surface area (Å²) in [7, 11) is 0. The van der Waals surface area contributed by atoms with Gasteiger partial charge in [0.05, 0.1) is 22.5 Å². The van der Waals surface area contributed by atoms with E-state index in [0.717, 1.165) is 49.1 Å². The average molecular weight is 378 g/mol. The monoisotopic (exact) mass is 378 g/mol. The first-order chi connectivity index (χ1) is 14.2. The van der Waals surface area contributed by atoms with Crippen LogP contribution in [0.5, 0.6) is 5.75 Å². The lowest BCUT2D eigenvalue weighted by molar-refractivity contribution is -0.119. The fraction of sp³-hybridized carbons (Fsp3) is 0.0417. The fourth-order valence-electron chi connectivity index (χ4n) is 4.10. The Morgan fingerprint density at radius 2 is 1.69 bits per heavy atom. The Labute approximate surface area is 165 Å². The first-order valence-electron chi connectivity index (χ1n) is 9.34. The van der Waals surface area contributed by atoms with Gasteiger partial charge in [-0.1, -0.05) is 30.3 Å². The van der Waals surface area contributed by atoms with E-state index in [-0.39, 0.29) is 11.8 Å². The van der Waals surface area contributed by atoms with Gasteiger partial charge in [0, 0.05) is 23.1 Å². The molecule has 0 spiro atoms. The maximum Gasteiger partial charge on any atom is 0.258 e. The summed E-state index contributed by atoms with van der Waals surface area (Å²) >= 11 is 0. The highest BCUT2D eigenvalue weighted by Gasteiger charge is 2.26. The van der Waals surface area contributed by atoms with Crippen LogP contribution in [0.15, 0.2) is 72.8 Å². The van der Waals surface area contributed by atoms with Gasteiger partial charge in [-0.05, 0) is 41.1 Å². The van der Waals surface area contributed by atoms with Crippen molar-refractivity contribution in [1.29, 1.82) is 0 Å². The van der Waals surface area contributed by atoms with Gasteiger partial charge >= 0.3 is 0 Å². The number of pyridine rings is 1. The van der Waals surface area contributed by atoms with Crippen molar-refractivity contribution in [2.75, 3.05) is 4.90 Å². The highest BCUT2D eigenvalue weighted by Crippen LogP contribution is 2.42. The first-order valence-corrected chi connectivity index (χ1v) is 9.34. The molecule has 0 radical (unpaired) electrons. The quantitative estimate of drug-likeness (QED) is 0.461. The van der Waals surface area contributed by atoms with E-state index in [9.17, 15) is 9.59 Å². The summed E-state index contributed by atoms with van der Waals surface area (Å²) in [5.74, 6) is 0.173. The zero-order valence-electron chi connectivity index (χ0n) is 15.3. The lowest BCUT2D eigenvalue weighted by Crippen LogP contribution is -2.29. The van der Waals surface area contributed by atoms with Gasteiger partial charge in [-0.15, -0.1) is 0 Å². The molecule has 0 saturated carbocycles. The number of ether oxygens (including phenoxy) is 1. The molecule has 5 heteroatoms. The highest BCUT2D eigenvalue weighted by atomic mass is 16.5. The van der Waals surface area contributed by atoms with Gasteiger partial charge in [-0.3, -0.25) is 9.59 Å². The van der Waals surface area contributed by atoms with E-state index < -0.39 is 0 Å². The predicted octanol–water partition coefficient (Wildman–Crippen LogP) is 4.38. The Hall–Kier alpha value is -3.99. The minimum Gasteiger partial charge on any atom is -0.488 e. The van der Waals surface area contributed by atoms with Crippen LogP contribution in [0.4, 0.5) is 5.69 Å². The van der Waals surface area contributed by atoms with Crippen LogP contribution in [0, 0.1) is 0 Å². The topological polar surface area (TPSA) is 59.5 Å². The number of anilines is 1. The number of aromatic nitrogens is 1. The van der Waals surface area contributed by atoms with Crippen LogP contribution < -0.4 is 9.64 Å². The Morgan fingerprint density at radius 3 is 2.55 bits per heavy atom. The molecule has 3 heterocycles. The molecule has 1 aromatic heterocycles. The highest BCUT2D eigenvalue weighted by molar-refractivity contribution is 6.28. The van der Waals surface area contributed by atoms with Crippen LogP contribution in [0.2, 0.25) is 0 Å². The minimum absolute atomic E-state index is 0.330.